The summed E-state index contributed by atoms with van der Waals surface area (Å²) in [6.07, 6.45) is 3.06. The third kappa shape index (κ3) is 5.24. The number of carbonyl (C=O) groups excluding carboxylic acids is 2. The maximum atomic E-state index is 12.5. The highest BCUT2D eigenvalue weighted by Gasteiger charge is 2.28. The van der Waals surface area contributed by atoms with Gasteiger partial charge in [0.2, 0.25) is 9.84 Å². The van der Waals surface area contributed by atoms with E-state index in [1.165, 1.54) is 6.92 Å². The number of sulfone groups is 1. The van der Waals surface area contributed by atoms with Gasteiger partial charge in [-0.15, -0.1) is 0 Å². The van der Waals surface area contributed by atoms with E-state index in [0.29, 0.717) is 5.92 Å². The summed E-state index contributed by atoms with van der Waals surface area (Å²) in [5.41, 5.74) is -0.0334. The first kappa shape index (κ1) is 21.3. The molecule has 2 rings (SSSR count). The van der Waals surface area contributed by atoms with Crippen LogP contribution in [-0.2, 0) is 19.4 Å². The van der Waals surface area contributed by atoms with Gasteiger partial charge in [0.25, 0.3) is 5.91 Å². The van der Waals surface area contributed by atoms with E-state index >= 15 is 0 Å². The molecule has 150 valence electrons. The maximum Gasteiger partial charge on any atom is 0.341 e. The lowest BCUT2D eigenvalue weighted by Crippen LogP contribution is -2.45. The highest BCUT2D eigenvalue weighted by Crippen LogP contribution is 2.24. The summed E-state index contributed by atoms with van der Waals surface area (Å²) in [6.45, 7) is 3.51. The van der Waals surface area contributed by atoms with Crippen molar-refractivity contribution in [2.45, 2.75) is 62.3 Å². The van der Waals surface area contributed by atoms with Crippen molar-refractivity contribution in [1.82, 2.24) is 5.32 Å². The number of esters is 1. The summed E-state index contributed by atoms with van der Waals surface area (Å²) >= 11 is 0. The highest BCUT2D eigenvalue weighted by molar-refractivity contribution is 7.91. The van der Waals surface area contributed by atoms with Gasteiger partial charge >= 0.3 is 11.7 Å². The van der Waals surface area contributed by atoms with E-state index in [4.69, 9.17) is 4.74 Å². The number of rotatable bonds is 6. The van der Waals surface area contributed by atoms with Crippen LogP contribution in [0.2, 0.25) is 0 Å². The second kappa shape index (κ2) is 8.77. The van der Waals surface area contributed by atoms with Crippen LogP contribution in [0.5, 0.6) is 0 Å². The number of halogens is 2. The minimum Gasteiger partial charge on any atom is -0.449 e. The molecular formula is C18H23F2NO5S. The van der Waals surface area contributed by atoms with Crippen LogP contribution in [0, 0.1) is 5.92 Å². The Morgan fingerprint density at radius 1 is 1.15 bits per heavy atom. The Bertz CT molecular complexity index is 779. The van der Waals surface area contributed by atoms with Crippen molar-refractivity contribution in [3.8, 4) is 0 Å². The zero-order valence-electron chi connectivity index (χ0n) is 15.2. The predicted molar refractivity (Wildman–Crippen MR) is 94.1 cm³/mol. The number of nitrogens with one attached hydrogen (secondary N) is 1. The lowest BCUT2D eigenvalue weighted by molar-refractivity contribution is -0.130. The Labute approximate surface area is 157 Å². The second-order valence-corrected chi connectivity index (χ2v) is 8.67. The highest BCUT2D eigenvalue weighted by atomic mass is 32.2. The third-order valence-corrected chi connectivity index (χ3v) is 6.14. The summed E-state index contributed by atoms with van der Waals surface area (Å²) in [6, 6.07) is 4.02. The smallest absolute Gasteiger partial charge is 0.341 e. The lowest BCUT2D eigenvalue weighted by Gasteiger charge is -2.30. The number of alkyl halides is 2. The topological polar surface area (TPSA) is 89.5 Å². The van der Waals surface area contributed by atoms with Gasteiger partial charge in [-0.1, -0.05) is 19.8 Å². The van der Waals surface area contributed by atoms with Crippen LogP contribution in [-0.4, -0.2) is 38.2 Å². The molecular weight excluding hydrogens is 380 g/mol. The van der Waals surface area contributed by atoms with Gasteiger partial charge in [0, 0.05) is 6.04 Å². The first-order valence-electron chi connectivity index (χ1n) is 8.76. The Kier molecular flexibility index (Phi) is 6.91. The molecule has 1 fully saturated rings. The van der Waals surface area contributed by atoms with Crippen molar-refractivity contribution in [2.75, 3.05) is 0 Å². The van der Waals surface area contributed by atoms with E-state index in [1.54, 1.807) is 0 Å². The molecule has 1 aliphatic rings. The summed E-state index contributed by atoms with van der Waals surface area (Å²) in [7, 11) is -4.73. The Hall–Kier alpha value is -2.03. The van der Waals surface area contributed by atoms with Crippen LogP contribution >= 0.6 is 0 Å². The number of benzene rings is 1. The average Bonchev–Trinajstić information content (AvgIpc) is 2.63. The zero-order chi connectivity index (χ0) is 20.2. The van der Waals surface area contributed by atoms with Crippen molar-refractivity contribution >= 4 is 21.7 Å². The van der Waals surface area contributed by atoms with Gasteiger partial charge < -0.3 is 10.1 Å². The van der Waals surface area contributed by atoms with E-state index in [1.807, 2.05) is 0 Å². The van der Waals surface area contributed by atoms with Crippen molar-refractivity contribution < 1.29 is 31.5 Å². The molecule has 0 unspecified atom stereocenters. The van der Waals surface area contributed by atoms with Gasteiger partial charge in [-0.2, -0.15) is 8.78 Å². The molecule has 0 aliphatic heterocycles. The normalized spacial score (nSPS) is 21.5. The SMILES string of the molecule is C[C@@H]1CCCC[C@H]1NC(=O)[C@@H](C)OC(=O)c1ccc(S(=O)(=O)C(F)F)cc1. The monoisotopic (exact) mass is 403 g/mol. The van der Waals surface area contributed by atoms with Gasteiger partial charge in [0.05, 0.1) is 10.5 Å². The van der Waals surface area contributed by atoms with Crippen molar-refractivity contribution in [3.63, 3.8) is 0 Å². The second-order valence-electron chi connectivity index (χ2n) is 6.75. The maximum absolute atomic E-state index is 12.5. The Balaban J connectivity index is 1.96. The number of hydrogen-bond donors (Lipinski definition) is 1. The Morgan fingerprint density at radius 3 is 2.30 bits per heavy atom. The number of ether oxygens (including phenoxy) is 1. The molecule has 1 aromatic carbocycles. The van der Waals surface area contributed by atoms with Gasteiger partial charge in [-0.25, -0.2) is 13.2 Å². The van der Waals surface area contributed by atoms with E-state index in [-0.39, 0.29) is 11.6 Å². The zero-order valence-corrected chi connectivity index (χ0v) is 16.0. The molecule has 1 aliphatic carbocycles. The molecule has 27 heavy (non-hydrogen) atoms. The fraction of sp³-hybridized carbons (Fsp3) is 0.556. The first-order valence-corrected chi connectivity index (χ1v) is 10.3. The Morgan fingerprint density at radius 2 is 1.74 bits per heavy atom. The first-order chi connectivity index (χ1) is 12.6. The molecule has 0 aromatic heterocycles. The van der Waals surface area contributed by atoms with Crippen LogP contribution in [0.15, 0.2) is 29.2 Å². The summed E-state index contributed by atoms with van der Waals surface area (Å²) in [5.74, 6) is -4.43. The molecule has 0 bridgehead atoms. The summed E-state index contributed by atoms with van der Waals surface area (Å²) < 4.78 is 52.9. The molecule has 1 saturated carbocycles. The van der Waals surface area contributed by atoms with Crippen LogP contribution in [0.4, 0.5) is 8.78 Å². The number of amides is 1. The molecule has 1 N–H and O–H groups in total. The van der Waals surface area contributed by atoms with Crippen molar-refractivity contribution in [3.05, 3.63) is 29.8 Å². The van der Waals surface area contributed by atoms with Crippen LogP contribution in [0.25, 0.3) is 0 Å². The molecule has 0 spiro atoms. The largest absolute Gasteiger partial charge is 0.449 e. The van der Waals surface area contributed by atoms with Crippen molar-refractivity contribution in [1.29, 1.82) is 0 Å². The summed E-state index contributed by atoms with van der Waals surface area (Å²) in [5, 5.41) is 2.89. The minimum atomic E-state index is -4.73. The summed E-state index contributed by atoms with van der Waals surface area (Å²) in [4.78, 5) is 23.8. The molecule has 9 heteroatoms. The van der Waals surface area contributed by atoms with Gasteiger partial charge in [-0.3, -0.25) is 4.79 Å². The fourth-order valence-corrected chi connectivity index (χ4v) is 3.72. The fourth-order valence-electron chi connectivity index (χ4n) is 3.00. The van der Waals surface area contributed by atoms with Crippen LogP contribution in [0.3, 0.4) is 0 Å². The van der Waals surface area contributed by atoms with Gasteiger partial charge in [0.15, 0.2) is 6.10 Å². The minimum absolute atomic E-state index is 0.0334. The molecule has 0 radical (unpaired) electrons. The van der Waals surface area contributed by atoms with Gasteiger partial charge in [-0.05, 0) is 49.9 Å². The lowest BCUT2D eigenvalue weighted by atomic mass is 9.86. The van der Waals surface area contributed by atoms with Crippen LogP contribution in [0.1, 0.15) is 49.9 Å². The van der Waals surface area contributed by atoms with E-state index in [9.17, 15) is 26.8 Å². The van der Waals surface area contributed by atoms with Crippen molar-refractivity contribution in [2.24, 2.45) is 5.92 Å². The number of carbonyl (C=O) groups is 2. The quantitative estimate of drug-likeness (QED) is 0.738. The molecule has 3 atom stereocenters. The van der Waals surface area contributed by atoms with Gasteiger partial charge in [0.1, 0.15) is 0 Å². The van der Waals surface area contributed by atoms with Crippen LogP contribution < -0.4 is 5.32 Å². The molecule has 1 aromatic rings. The average molecular weight is 403 g/mol. The third-order valence-electron chi connectivity index (χ3n) is 4.75. The molecule has 1 amide bonds. The molecule has 6 nitrogen and oxygen atoms in total. The number of hydrogen-bond acceptors (Lipinski definition) is 5. The molecule has 0 heterocycles. The van der Waals surface area contributed by atoms with E-state index < -0.39 is 38.5 Å². The van der Waals surface area contributed by atoms with E-state index in [0.717, 1.165) is 49.9 Å². The predicted octanol–water partition coefficient (Wildman–Crippen LogP) is 2.92. The van der Waals surface area contributed by atoms with E-state index in [2.05, 4.69) is 12.2 Å². The standard InChI is InChI=1S/C18H23F2NO5S/c1-11-5-3-4-6-15(11)21-16(22)12(2)26-17(23)13-7-9-14(10-8-13)27(24,25)18(19)20/h7-12,15,18H,3-6H2,1-2H3,(H,21,22)/t11-,12-,15-/m1/s1. The molecule has 0 saturated heterocycles.